The molecule has 3 fully saturated rings. The highest BCUT2D eigenvalue weighted by molar-refractivity contribution is 6.41. The van der Waals surface area contributed by atoms with Crippen LogP contribution in [0.4, 0.5) is 5.69 Å². The highest BCUT2D eigenvalue weighted by Crippen LogP contribution is 2.59. The number of hydrogen-bond donors (Lipinski definition) is 1. The summed E-state index contributed by atoms with van der Waals surface area (Å²) in [6.45, 7) is 0. The molecule has 5 unspecified atom stereocenters. The monoisotopic (exact) mass is 329 g/mol. The molecular weight excluding hydrogens is 313 g/mol. The van der Waals surface area contributed by atoms with Crippen LogP contribution in [0.5, 0.6) is 0 Å². The number of anilines is 1. The molecule has 0 saturated heterocycles. The molecule has 1 aromatic rings. The Kier molecular flexibility index (Phi) is 3.36. The Labute approximate surface area is 135 Å². The van der Waals surface area contributed by atoms with Crippen LogP contribution in [0.3, 0.4) is 0 Å². The smallest absolute Gasteiger partial charge is 0.0722 e. The minimum atomic E-state index is 0.538. The molecule has 1 nitrogen and oxygen atoms in total. The summed E-state index contributed by atoms with van der Waals surface area (Å²) in [4.78, 5) is 0. The van der Waals surface area contributed by atoms with Gasteiger partial charge >= 0.3 is 0 Å². The minimum Gasteiger partial charge on any atom is -0.380 e. The van der Waals surface area contributed by atoms with E-state index in [0.717, 1.165) is 29.4 Å². The summed E-state index contributed by atoms with van der Waals surface area (Å²) in [5.74, 6) is 3.69. The number of fused-ring (bicyclic) bond motifs is 5. The number of benzene rings is 1. The normalized spacial score (nSPS) is 38.2. The topological polar surface area (TPSA) is 12.0 Å². The van der Waals surface area contributed by atoms with Crippen molar-refractivity contribution >= 4 is 40.5 Å². The summed E-state index contributed by atoms with van der Waals surface area (Å²) in [7, 11) is 0. The second-order valence-corrected chi connectivity index (χ2v) is 7.90. The average molecular weight is 331 g/mol. The van der Waals surface area contributed by atoms with Crippen molar-refractivity contribution in [3.8, 4) is 0 Å². The molecule has 3 aliphatic carbocycles. The van der Waals surface area contributed by atoms with Gasteiger partial charge in [-0.1, -0.05) is 41.2 Å². The van der Waals surface area contributed by atoms with Crippen molar-refractivity contribution in [2.45, 2.75) is 38.1 Å². The van der Waals surface area contributed by atoms with Crippen molar-refractivity contribution in [2.75, 3.05) is 5.32 Å². The van der Waals surface area contributed by atoms with Crippen molar-refractivity contribution in [1.29, 1.82) is 0 Å². The zero-order chi connectivity index (χ0) is 13.9. The van der Waals surface area contributed by atoms with Crippen LogP contribution >= 0.6 is 34.8 Å². The van der Waals surface area contributed by atoms with E-state index in [2.05, 4.69) is 5.32 Å². The quantitative estimate of drug-likeness (QED) is 0.713. The molecule has 0 aliphatic heterocycles. The highest BCUT2D eigenvalue weighted by atomic mass is 35.5. The molecule has 0 aromatic heterocycles. The van der Waals surface area contributed by atoms with Gasteiger partial charge in [0.05, 0.1) is 15.7 Å². The molecular formula is C16H18Cl3N. The first kappa shape index (κ1) is 13.5. The third-order valence-electron chi connectivity index (χ3n) is 5.77. The van der Waals surface area contributed by atoms with E-state index in [1.807, 2.05) is 0 Å². The van der Waals surface area contributed by atoms with Gasteiger partial charge < -0.3 is 5.32 Å². The van der Waals surface area contributed by atoms with E-state index in [0.29, 0.717) is 21.1 Å². The Morgan fingerprint density at radius 3 is 2.35 bits per heavy atom. The zero-order valence-electron chi connectivity index (χ0n) is 11.2. The lowest BCUT2D eigenvalue weighted by Gasteiger charge is -2.33. The molecule has 4 rings (SSSR count). The third kappa shape index (κ3) is 2.05. The second kappa shape index (κ2) is 4.97. The Morgan fingerprint density at radius 1 is 0.900 bits per heavy atom. The predicted octanol–water partition coefficient (Wildman–Crippen LogP) is 5.88. The first-order chi connectivity index (χ1) is 9.63. The lowest BCUT2D eigenvalue weighted by molar-refractivity contribution is 0.243. The van der Waals surface area contributed by atoms with E-state index in [1.165, 1.54) is 32.1 Å². The first-order valence-corrected chi connectivity index (χ1v) is 8.68. The SMILES string of the molecule is Clc1cc(Cl)c(NC2CC3CC2C2CCCC32)c(Cl)c1. The summed E-state index contributed by atoms with van der Waals surface area (Å²) >= 11 is 18.6. The number of rotatable bonds is 2. The van der Waals surface area contributed by atoms with E-state index in [-0.39, 0.29) is 0 Å². The Hall–Kier alpha value is -0.110. The summed E-state index contributed by atoms with van der Waals surface area (Å²) < 4.78 is 0. The highest BCUT2D eigenvalue weighted by Gasteiger charge is 2.53. The molecule has 0 radical (unpaired) electrons. The van der Waals surface area contributed by atoms with Crippen molar-refractivity contribution in [3.63, 3.8) is 0 Å². The number of halogens is 3. The first-order valence-electron chi connectivity index (χ1n) is 7.54. The van der Waals surface area contributed by atoms with Crippen molar-refractivity contribution in [2.24, 2.45) is 23.7 Å². The van der Waals surface area contributed by atoms with E-state index >= 15 is 0 Å². The van der Waals surface area contributed by atoms with Gasteiger partial charge in [0.15, 0.2) is 0 Å². The molecule has 0 spiro atoms. The number of hydrogen-bond acceptors (Lipinski definition) is 1. The van der Waals surface area contributed by atoms with Crippen LogP contribution in [-0.4, -0.2) is 6.04 Å². The molecule has 3 saturated carbocycles. The minimum absolute atomic E-state index is 0.538. The van der Waals surface area contributed by atoms with Gasteiger partial charge in [-0.25, -0.2) is 0 Å². The fourth-order valence-electron chi connectivity index (χ4n) is 5.10. The summed E-state index contributed by atoms with van der Waals surface area (Å²) in [5, 5.41) is 5.48. The average Bonchev–Trinajstić information content (AvgIpc) is 3.05. The Morgan fingerprint density at radius 2 is 1.60 bits per heavy atom. The fourth-order valence-corrected chi connectivity index (χ4v) is 6.03. The van der Waals surface area contributed by atoms with Crippen LogP contribution in [0.2, 0.25) is 15.1 Å². The molecule has 0 heterocycles. The van der Waals surface area contributed by atoms with Crippen molar-refractivity contribution in [3.05, 3.63) is 27.2 Å². The largest absolute Gasteiger partial charge is 0.380 e. The molecule has 1 aromatic carbocycles. The standard InChI is InChI=1S/C16H18Cl3N/c17-9-6-13(18)16(14(19)7-9)20-15-5-8-4-12(15)11-3-1-2-10(8)11/h6-8,10-12,15,20H,1-5H2. The van der Waals surface area contributed by atoms with Crippen LogP contribution in [0.25, 0.3) is 0 Å². The molecule has 1 N–H and O–H groups in total. The summed E-state index contributed by atoms with van der Waals surface area (Å²) in [6.07, 6.45) is 6.99. The Balaban J connectivity index is 1.56. The second-order valence-electron chi connectivity index (χ2n) is 6.65. The molecule has 4 heteroatoms. The van der Waals surface area contributed by atoms with Crippen LogP contribution in [0.1, 0.15) is 32.1 Å². The van der Waals surface area contributed by atoms with Crippen LogP contribution in [-0.2, 0) is 0 Å². The van der Waals surface area contributed by atoms with Crippen LogP contribution in [0, 0.1) is 23.7 Å². The van der Waals surface area contributed by atoms with Gasteiger partial charge in [0, 0.05) is 11.1 Å². The van der Waals surface area contributed by atoms with Gasteiger partial charge in [-0.15, -0.1) is 0 Å². The van der Waals surface area contributed by atoms with Gasteiger partial charge in [0.1, 0.15) is 0 Å². The van der Waals surface area contributed by atoms with E-state index in [4.69, 9.17) is 34.8 Å². The maximum absolute atomic E-state index is 6.30. The summed E-state index contributed by atoms with van der Waals surface area (Å²) in [6, 6.07) is 4.07. The fraction of sp³-hybridized carbons (Fsp3) is 0.625. The zero-order valence-corrected chi connectivity index (χ0v) is 13.5. The molecule has 3 aliphatic rings. The molecule has 108 valence electrons. The van der Waals surface area contributed by atoms with Crippen LogP contribution in [0.15, 0.2) is 12.1 Å². The third-order valence-corrected chi connectivity index (χ3v) is 6.58. The van der Waals surface area contributed by atoms with Gasteiger partial charge in [0.25, 0.3) is 0 Å². The maximum atomic E-state index is 6.30. The van der Waals surface area contributed by atoms with E-state index < -0.39 is 0 Å². The van der Waals surface area contributed by atoms with Gasteiger partial charge in [-0.2, -0.15) is 0 Å². The number of nitrogens with one attached hydrogen (secondary N) is 1. The van der Waals surface area contributed by atoms with Gasteiger partial charge in [0.2, 0.25) is 0 Å². The molecule has 5 atom stereocenters. The Bertz CT molecular complexity index is 522. The molecule has 0 amide bonds. The predicted molar refractivity (Wildman–Crippen MR) is 85.9 cm³/mol. The van der Waals surface area contributed by atoms with E-state index in [1.54, 1.807) is 12.1 Å². The van der Waals surface area contributed by atoms with Crippen LogP contribution < -0.4 is 5.32 Å². The van der Waals surface area contributed by atoms with Gasteiger partial charge in [-0.05, 0) is 61.5 Å². The summed E-state index contributed by atoms with van der Waals surface area (Å²) in [5.41, 5.74) is 0.866. The lowest BCUT2D eigenvalue weighted by atomic mass is 9.79. The van der Waals surface area contributed by atoms with Crippen molar-refractivity contribution < 1.29 is 0 Å². The lowest BCUT2D eigenvalue weighted by Crippen LogP contribution is -2.34. The van der Waals surface area contributed by atoms with Crippen molar-refractivity contribution in [1.82, 2.24) is 0 Å². The van der Waals surface area contributed by atoms with Gasteiger partial charge in [-0.3, -0.25) is 0 Å². The molecule has 2 bridgehead atoms. The van der Waals surface area contributed by atoms with E-state index in [9.17, 15) is 0 Å². The molecule has 20 heavy (non-hydrogen) atoms. The maximum Gasteiger partial charge on any atom is 0.0722 e.